The van der Waals surface area contributed by atoms with E-state index in [1.54, 1.807) is 13.0 Å². The van der Waals surface area contributed by atoms with Gasteiger partial charge in [-0.05, 0) is 42.3 Å². The van der Waals surface area contributed by atoms with Gasteiger partial charge >= 0.3 is 6.36 Å². The van der Waals surface area contributed by atoms with Crippen molar-refractivity contribution < 1.29 is 35.9 Å². The number of ether oxygens (including phenoxy) is 2. The molecule has 0 unspecified atom stereocenters. The average Bonchev–Trinajstić information content (AvgIpc) is 2.69. The number of amides is 1. The predicted molar refractivity (Wildman–Crippen MR) is 106 cm³/mol. The fourth-order valence-electron chi connectivity index (χ4n) is 3.10. The largest absolute Gasteiger partial charge is 0.573 e. The minimum absolute atomic E-state index is 0.0445. The summed E-state index contributed by atoms with van der Waals surface area (Å²) in [5.74, 6) is -1.02. The zero-order valence-corrected chi connectivity index (χ0v) is 17.4. The molecular weight excluding hydrogens is 437 g/mol. The number of carbonyl (C=O) groups is 1. The van der Waals surface area contributed by atoms with Crippen LogP contribution in [0.3, 0.4) is 0 Å². The third-order valence-electron chi connectivity index (χ3n) is 4.50. The molecule has 0 aliphatic carbocycles. The Balaban J connectivity index is 1.79. The summed E-state index contributed by atoms with van der Waals surface area (Å²) < 4.78 is 73.7. The van der Waals surface area contributed by atoms with E-state index in [2.05, 4.69) is 10.1 Å². The molecule has 31 heavy (non-hydrogen) atoms. The Bertz CT molecular complexity index is 1050. The molecule has 2 aromatic rings. The van der Waals surface area contributed by atoms with Crippen LogP contribution in [-0.4, -0.2) is 51.3 Å². The van der Waals surface area contributed by atoms with Crippen LogP contribution in [0, 0.1) is 6.92 Å². The molecule has 1 amide bonds. The minimum Gasteiger partial charge on any atom is -0.406 e. The molecule has 1 heterocycles. The monoisotopic (exact) mass is 458 g/mol. The van der Waals surface area contributed by atoms with Gasteiger partial charge in [0.25, 0.3) is 0 Å². The van der Waals surface area contributed by atoms with Gasteiger partial charge in [0.15, 0.2) is 0 Å². The van der Waals surface area contributed by atoms with E-state index in [9.17, 15) is 26.4 Å². The van der Waals surface area contributed by atoms with Crippen molar-refractivity contribution in [1.82, 2.24) is 4.31 Å². The SMILES string of the molecule is Cc1ccc(NC(=O)Cc2cccc(OC(F)(F)F)c2)c(S(=O)(=O)N2CCOCC2)c1. The molecule has 0 aromatic heterocycles. The van der Waals surface area contributed by atoms with Gasteiger partial charge in [0, 0.05) is 13.1 Å². The average molecular weight is 458 g/mol. The second-order valence-corrected chi connectivity index (χ2v) is 8.84. The molecule has 1 aliphatic rings. The number of alkyl halides is 3. The van der Waals surface area contributed by atoms with E-state index < -0.39 is 28.0 Å². The Hall–Kier alpha value is -2.63. The molecule has 1 N–H and O–H groups in total. The number of anilines is 1. The fourth-order valence-corrected chi connectivity index (χ4v) is 4.74. The van der Waals surface area contributed by atoms with E-state index in [0.29, 0.717) is 5.56 Å². The lowest BCUT2D eigenvalue weighted by Crippen LogP contribution is -2.41. The van der Waals surface area contributed by atoms with Crippen molar-refractivity contribution >= 4 is 21.6 Å². The van der Waals surface area contributed by atoms with Gasteiger partial charge in [0.1, 0.15) is 10.6 Å². The van der Waals surface area contributed by atoms with Crippen molar-refractivity contribution in [2.24, 2.45) is 0 Å². The lowest BCUT2D eigenvalue weighted by molar-refractivity contribution is -0.274. The molecule has 0 atom stereocenters. The molecule has 7 nitrogen and oxygen atoms in total. The highest BCUT2D eigenvalue weighted by molar-refractivity contribution is 7.89. The lowest BCUT2D eigenvalue weighted by Gasteiger charge is -2.27. The number of nitrogens with zero attached hydrogens (tertiary/aromatic N) is 1. The maximum Gasteiger partial charge on any atom is 0.573 e. The smallest absolute Gasteiger partial charge is 0.406 e. The summed E-state index contributed by atoms with van der Waals surface area (Å²) in [7, 11) is -3.87. The van der Waals surface area contributed by atoms with Gasteiger partial charge in [-0.3, -0.25) is 4.79 Å². The van der Waals surface area contributed by atoms with Crippen LogP contribution in [0.4, 0.5) is 18.9 Å². The molecule has 1 fully saturated rings. The fraction of sp³-hybridized carbons (Fsp3) is 0.350. The summed E-state index contributed by atoms with van der Waals surface area (Å²) in [5, 5.41) is 2.56. The number of morpholine rings is 1. The highest BCUT2D eigenvalue weighted by atomic mass is 32.2. The van der Waals surface area contributed by atoms with Gasteiger partial charge in [-0.25, -0.2) is 8.42 Å². The molecular formula is C20H21F3N2O5S. The maximum atomic E-state index is 13.1. The van der Waals surface area contributed by atoms with Gasteiger partial charge in [-0.15, -0.1) is 13.2 Å². The van der Waals surface area contributed by atoms with E-state index in [1.807, 2.05) is 0 Å². The van der Waals surface area contributed by atoms with Crippen molar-refractivity contribution in [3.63, 3.8) is 0 Å². The topological polar surface area (TPSA) is 84.9 Å². The third-order valence-corrected chi connectivity index (χ3v) is 6.43. The van der Waals surface area contributed by atoms with Crippen molar-refractivity contribution in [2.45, 2.75) is 24.6 Å². The Morgan fingerprint density at radius 1 is 1.16 bits per heavy atom. The van der Waals surface area contributed by atoms with E-state index >= 15 is 0 Å². The summed E-state index contributed by atoms with van der Waals surface area (Å²) >= 11 is 0. The van der Waals surface area contributed by atoms with Crippen LogP contribution in [0.2, 0.25) is 0 Å². The van der Waals surface area contributed by atoms with Gasteiger partial charge < -0.3 is 14.8 Å². The van der Waals surface area contributed by atoms with Crippen molar-refractivity contribution in [3.05, 3.63) is 53.6 Å². The molecule has 0 spiro atoms. The van der Waals surface area contributed by atoms with E-state index in [0.717, 1.165) is 12.1 Å². The van der Waals surface area contributed by atoms with E-state index in [1.165, 1.54) is 28.6 Å². The highest BCUT2D eigenvalue weighted by Gasteiger charge is 2.31. The van der Waals surface area contributed by atoms with Gasteiger partial charge in [0.2, 0.25) is 15.9 Å². The van der Waals surface area contributed by atoms with Crippen LogP contribution in [0.25, 0.3) is 0 Å². The number of benzene rings is 2. The normalized spacial score (nSPS) is 15.5. The molecule has 1 saturated heterocycles. The Morgan fingerprint density at radius 3 is 2.55 bits per heavy atom. The standard InChI is InChI=1S/C20H21F3N2O5S/c1-14-5-6-17(18(11-14)31(27,28)25-7-9-29-10-8-25)24-19(26)13-15-3-2-4-16(12-15)30-20(21,22)23/h2-6,11-12H,7-10,13H2,1H3,(H,24,26). The van der Waals surface area contributed by atoms with Crippen molar-refractivity contribution in [3.8, 4) is 5.75 Å². The number of hydrogen-bond acceptors (Lipinski definition) is 5. The summed E-state index contributed by atoms with van der Waals surface area (Å²) in [6.07, 6.45) is -5.11. The van der Waals surface area contributed by atoms with Crippen molar-refractivity contribution in [2.75, 3.05) is 31.6 Å². The number of hydrogen-bond donors (Lipinski definition) is 1. The molecule has 0 bridgehead atoms. The first-order valence-corrected chi connectivity index (χ1v) is 10.8. The van der Waals surface area contributed by atoms with Gasteiger partial charge in [-0.2, -0.15) is 4.31 Å². The van der Waals surface area contributed by atoms with E-state index in [-0.39, 0.29) is 48.9 Å². The van der Waals surface area contributed by atoms with Crippen LogP contribution in [0.5, 0.6) is 5.75 Å². The Morgan fingerprint density at radius 2 is 1.87 bits per heavy atom. The van der Waals surface area contributed by atoms with E-state index in [4.69, 9.17) is 4.74 Å². The molecule has 168 valence electrons. The van der Waals surface area contributed by atoms with Crippen LogP contribution in [-0.2, 0) is 26.0 Å². The first-order valence-electron chi connectivity index (χ1n) is 9.38. The van der Waals surface area contributed by atoms with Crippen LogP contribution in [0.15, 0.2) is 47.4 Å². The molecule has 0 saturated carbocycles. The first-order chi connectivity index (χ1) is 14.5. The number of halogens is 3. The summed E-state index contributed by atoms with van der Waals surface area (Å²) in [4.78, 5) is 12.5. The highest BCUT2D eigenvalue weighted by Crippen LogP contribution is 2.27. The van der Waals surface area contributed by atoms with Crippen LogP contribution < -0.4 is 10.1 Å². The Labute approximate surface area is 177 Å². The molecule has 11 heteroatoms. The Kier molecular flexibility index (Phi) is 6.87. The number of sulfonamides is 1. The number of rotatable bonds is 6. The quantitative estimate of drug-likeness (QED) is 0.719. The number of aryl methyl sites for hydroxylation is 1. The number of nitrogens with one attached hydrogen (secondary N) is 1. The second-order valence-electron chi connectivity index (χ2n) is 6.94. The maximum absolute atomic E-state index is 13.1. The summed E-state index contributed by atoms with van der Waals surface area (Å²) in [6, 6.07) is 9.66. The molecule has 1 aliphatic heterocycles. The van der Waals surface area contributed by atoms with Crippen LogP contribution >= 0.6 is 0 Å². The van der Waals surface area contributed by atoms with Crippen molar-refractivity contribution in [1.29, 1.82) is 0 Å². The summed E-state index contributed by atoms with van der Waals surface area (Å²) in [6.45, 7) is 2.70. The molecule has 2 aromatic carbocycles. The predicted octanol–water partition coefficient (Wildman–Crippen LogP) is 3.10. The van der Waals surface area contributed by atoms with Crippen LogP contribution in [0.1, 0.15) is 11.1 Å². The van der Waals surface area contributed by atoms with Gasteiger partial charge in [0.05, 0.1) is 25.3 Å². The third kappa shape index (κ3) is 6.18. The first kappa shape index (κ1) is 23.0. The molecule has 3 rings (SSSR count). The molecule has 0 radical (unpaired) electrons. The number of carbonyl (C=O) groups excluding carboxylic acids is 1. The lowest BCUT2D eigenvalue weighted by atomic mass is 10.1. The zero-order valence-electron chi connectivity index (χ0n) is 16.6. The van der Waals surface area contributed by atoms with Gasteiger partial charge in [-0.1, -0.05) is 18.2 Å². The zero-order chi connectivity index (χ0) is 22.6. The second kappa shape index (κ2) is 9.25. The minimum atomic E-state index is -4.84. The summed E-state index contributed by atoms with van der Waals surface area (Å²) in [5.41, 5.74) is 1.08.